The molecule has 1 atom stereocenters. The third-order valence-corrected chi connectivity index (χ3v) is 8.05. The molecule has 0 unspecified atom stereocenters. The van der Waals surface area contributed by atoms with Crippen LogP contribution in [0.4, 0.5) is 4.79 Å². The van der Waals surface area contributed by atoms with Crippen LogP contribution < -0.4 is 5.32 Å². The summed E-state index contributed by atoms with van der Waals surface area (Å²) < 4.78 is 2.00. The summed E-state index contributed by atoms with van der Waals surface area (Å²) in [4.78, 5) is 42.7. The summed E-state index contributed by atoms with van der Waals surface area (Å²) in [6.07, 6.45) is 2.28. The number of aryl methyl sites for hydroxylation is 2. The van der Waals surface area contributed by atoms with Gasteiger partial charge in [0.2, 0.25) is 0 Å². The Bertz CT molecular complexity index is 1470. The minimum Gasteiger partial charge on any atom is -0.343 e. The first-order chi connectivity index (χ1) is 16.5. The van der Waals surface area contributed by atoms with Crippen molar-refractivity contribution in [2.45, 2.75) is 24.8 Å². The van der Waals surface area contributed by atoms with E-state index in [1.165, 1.54) is 0 Å². The lowest BCUT2D eigenvalue weighted by Crippen LogP contribution is -2.46. The summed E-state index contributed by atoms with van der Waals surface area (Å²) >= 11 is 1.61. The average Bonchev–Trinajstić information content (AvgIpc) is 3.51. The maximum Gasteiger partial charge on any atom is 0.325 e. The predicted octanol–water partition coefficient (Wildman–Crippen LogP) is 4.87. The van der Waals surface area contributed by atoms with Crippen LogP contribution in [0, 0.1) is 0 Å². The van der Waals surface area contributed by atoms with Gasteiger partial charge in [-0.2, -0.15) is 0 Å². The number of nitrogens with one attached hydrogen (secondary N) is 1. The summed E-state index contributed by atoms with van der Waals surface area (Å²) in [5.74, 6) is -0.579. The van der Waals surface area contributed by atoms with Gasteiger partial charge in [0.25, 0.3) is 5.91 Å². The van der Waals surface area contributed by atoms with Crippen molar-refractivity contribution in [3.05, 3.63) is 82.0 Å². The highest BCUT2D eigenvalue weighted by Gasteiger charge is 2.54. The van der Waals surface area contributed by atoms with Crippen molar-refractivity contribution in [1.29, 1.82) is 0 Å². The molecule has 7 heteroatoms. The van der Waals surface area contributed by atoms with E-state index in [9.17, 15) is 14.4 Å². The van der Waals surface area contributed by atoms with Gasteiger partial charge in [-0.25, -0.2) is 4.79 Å². The summed E-state index contributed by atoms with van der Waals surface area (Å²) in [6, 6.07) is 18.9. The third kappa shape index (κ3) is 2.90. The van der Waals surface area contributed by atoms with Crippen LogP contribution in [0.15, 0.2) is 66.0 Å². The molecule has 0 radical (unpaired) electrons. The van der Waals surface area contributed by atoms with Gasteiger partial charge in [-0.1, -0.05) is 48.5 Å². The molecule has 1 aliphatic heterocycles. The van der Waals surface area contributed by atoms with E-state index in [2.05, 4.69) is 5.32 Å². The van der Waals surface area contributed by atoms with E-state index in [-0.39, 0.29) is 18.2 Å². The number of hydrogen-bond donors (Lipinski definition) is 1. The number of urea groups is 1. The Kier molecular flexibility index (Phi) is 4.71. The van der Waals surface area contributed by atoms with Crippen molar-refractivity contribution in [2.75, 3.05) is 6.54 Å². The number of carbonyl (C=O) groups is 3. The Hall–Kier alpha value is -3.71. The van der Waals surface area contributed by atoms with Crippen molar-refractivity contribution in [2.24, 2.45) is 7.05 Å². The lowest BCUT2D eigenvalue weighted by molar-refractivity contribution is -0.131. The lowest BCUT2D eigenvalue weighted by atomic mass is 9.80. The van der Waals surface area contributed by atoms with Gasteiger partial charge in [0.1, 0.15) is 5.54 Å². The second-order valence-corrected chi connectivity index (χ2v) is 9.93. The SMILES string of the molecule is Cn1c(-c2ccccc2)c(C(=O)CN2C(=O)N[C@@]3(CCCc4sccc43)C2=O)c2ccccc21. The number of rotatable bonds is 4. The maximum atomic E-state index is 13.8. The quantitative estimate of drug-likeness (QED) is 0.342. The van der Waals surface area contributed by atoms with E-state index < -0.39 is 11.6 Å². The van der Waals surface area contributed by atoms with Crippen molar-refractivity contribution in [3.63, 3.8) is 0 Å². The molecule has 170 valence electrons. The number of nitrogens with zero attached hydrogens (tertiary/aromatic N) is 2. The molecule has 1 spiro atoms. The molecule has 0 bridgehead atoms. The monoisotopic (exact) mass is 469 g/mol. The molecule has 1 aliphatic carbocycles. The molecule has 1 N–H and O–H groups in total. The summed E-state index contributed by atoms with van der Waals surface area (Å²) in [5.41, 5.74) is 2.98. The topological polar surface area (TPSA) is 71.4 Å². The fourth-order valence-corrected chi connectivity index (χ4v) is 6.52. The number of imide groups is 1. The van der Waals surface area contributed by atoms with Crippen LogP contribution in [0.3, 0.4) is 0 Å². The first-order valence-corrected chi connectivity index (χ1v) is 12.3. The van der Waals surface area contributed by atoms with Crippen LogP contribution in [0.1, 0.15) is 33.6 Å². The number of amides is 3. The first-order valence-electron chi connectivity index (χ1n) is 11.4. The van der Waals surface area contributed by atoms with Crippen LogP contribution >= 0.6 is 11.3 Å². The lowest BCUT2D eigenvalue weighted by Gasteiger charge is -2.31. The number of Topliss-reactive ketones (excluding diaryl/α,β-unsaturated/α-hetero) is 1. The highest BCUT2D eigenvalue weighted by molar-refractivity contribution is 7.10. The highest BCUT2D eigenvalue weighted by Crippen LogP contribution is 2.42. The zero-order chi connectivity index (χ0) is 23.4. The molecule has 2 aromatic carbocycles. The summed E-state index contributed by atoms with van der Waals surface area (Å²) in [5, 5.41) is 5.72. The van der Waals surface area contributed by atoms with Crippen LogP contribution in [-0.2, 0) is 23.8 Å². The number of thiophene rings is 1. The van der Waals surface area contributed by atoms with Crippen molar-refractivity contribution in [3.8, 4) is 11.3 Å². The number of para-hydroxylation sites is 1. The smallest absolute Gasteiger partial charge is 0.325 e. The van der Waals surface area contributed by atoms with Crippen molar-refractivity contribution in [1.82, 2.24) is 14.8 Å². The highest BCUT2D eigenvalue weighted by atomic mass is 32.1. The van der Waals surface area contributed by atoms with Gasteiger partial charge in [0, 0.05) is 28.4 Å². The van der Waals surface area contributed by atoms with Gasteiger partial charge in [-0.05, 0) is 42.3 Å². The molecule has 3 amide bonds. The second-order valence-electron chi connectivity index (χ2n) is 8.93. The summed E-state index contributed by atoms with van der Waals surface area (Å²) in [6.45, 7) is -0.292. The number of hydrogen-bond acceptors (Lipinski definition) is 4. The zero-order valence-corrected chi connectivity index (χ0v) is 19.5. The summed E-state index contributed by atoms with van der Waals surface area (Å²) in [7, 11) is 1.93. The number of aromatic nitrogens is 1. The Morgan fingerprint density at radius 2 is 1.82 bits per heavy atom. The van der Waals surface area contributed by atoms with E-state index >= 15 is 0 Å². The Labute approximate surface area is 200 Å². The number of fused-ring (bicyclic) bond motifs is 3. The molecule has 0 saturated carbocycles. The normalized spacial score (nSPS) is 19.6. The van der Waals surface area contributed by atoms with Crippen LogP contribution in [-0.4, -0.2) is 33.7 Å². The standard InChI is InChI=1S/C27H23N3O3S/c1-29-20-11-6-5-10-18(20)23(24(29)17-8-3-2-4-9-17)21(31)16-30-25(32)27(28-26(30)33)14-7-12-22-19(27)13-15-34-22/h2-6,8-11,13,15H,7,12,14,16H2,1H3,(H,28,33)/t27-/m1/s1. The van der Waals surface area contributed by atoms with Gasteiger partial charge in [0.05, 0.1) is 17.8 Å². The third-order valence-electron chi connectivity index (χ3n) is 7.07. The van der Waals surface area contributed by atoms with Crippen molar-refractivity contribution < 1.29 is 14.4 Å². The zero-order valence-electron chi connectivity index (χ0n) is 18.7. The minimum absolute atomic E-state index is 0.252. The van der Waals surface area contributed by atoms with Crippen molar-refractivity contribution >= 4 is 40.0 Å². The molecule has 34 heavy (non-hydrogen) atoms. The van der Waals surface area contributed by atoms with Gasteiger partial charge < -0.3 is 9.88 Å². The number of benzene rings is 2. The molecule has 3 heterocycles. The largest absolute Gasteiger partial charge is 0.343 e. The Morgan fingerprint density at radius 1 is 1.06 bits per heavy atom. The van der Waals surface area contributed by atoms with Crippen LogP contribution in [0.2, 0.25) is 0 Å². The second kappa shape index (κ2) is 7.67. The molecular weight excluding hydrogens is 446 g/mol. The van der Waals surface area contributed by atoms with Gasteiger partial charge in [-0.3, -0.25) is 14.5 Å². The van der Waals surface area contributed by atoms with Crippen LogP contribution in [0.5, 0.6) is 0 Å². The molecule has 2 aliphatic rings. The predicted molar refractivity (Wildman–Crippen MR) is 132 cm³/mol. The first kappa shape index (κ1) is 20.9. The number of carbonyl (C=O) groups excluding carboxylic acids is 3. The molecule has 6 nitrogen and oxygen atoms in total. The van der Waals surface area contributed by atoms with E-state index in [0.29, 0.717) is 12.0 Å². The molecular formula is C27H23N3O3S. The van der Waals surface area contributed by atoms with E-state index in [1.54, 1.807) is 11.3 Å². The van der Waals surface area contributed by atoms with Crippen LogP contribution in [0.25, 0.3) is 22.2 Å². The minimum atomic E-state index is -1.05. The maximum absolute atomic E-state index is 13.8. The molecule has 4 aromatic rings. The van der Waals surface area contributed by atoms with Gasteiger partial charge in [-0.15, -0.1) is 11.3 Å². The molecule has 6 rings (SSSR count). The fourth-order valence-electron chi connectivity index (χ4n) is 5.52. The molecule has 2 aromatic heterocycles. The fraction of sp³-hybridized carbons (Fsp3) is 0.222. The molecule has 1 fully saturated rings. The Balaban J connectivity index is 1.41. The van der Waals surface area contributed by atoms with Gasteiger partial charge in [0.15, 0.2) is 5.78 Å². The Morgan fingerprint density at radius 3 is 2.65 bits per heavy atom. The van der Waals surface area contributed by atoms with E-state index in [1.807, 2.05) is 77.7 Å². The van der Waals surface area contributed by atoms with E-state index in [4.69, 9.17) is 0 Å². The number of ketones is 1. The van der Waals surface area contributed by atoms with E-state index in [0.717, 1.165) is 50.3 Å². The average molecular weight is 470 g/mol. The molecule has 1 saturated heterocycles. The van der Waals surface area contributed by atoms with Gasteiger partial charge >= 0.3 is 6.03 Å².